The molecule has 2 aliphatic heterocycles. The largest absolute Gasteiger partial charge is 0.481 e. The van der Waals surface area contributed by atoms with Crippen LogP contribution in [0.25, 0.3) is 0 Å². The van der Waals surface area contributed by atoms with Gasteiger partial charge < -0.3 is 19.5 Å². The third kappa shape index (κ3) is 2.96. The van der Waals surface area contributed by atoms with Gasteiger partial charge in [-0.2, -0.15) is 0 Å². The van der Waals surface area contributed by atoms with E-state index in [0.29, 0.717) is 25.6 Å². The fraction of sp³-hybridized carbons (Fsp3) is 0.647. The van der Waals surface area contributed by atoms with Crippen LogP contribution in [0.1, 0.15) is 24.2 Å². The minimum atomic E-state index is -1.00. The molecule has 0 spiro atoms. The number of aryl methyl sites for hydroxylation is 1. The van der Waals surface area contributed by atoms with E-state index in [2.05, 4.69) is 23.7 Å². The number of fused-ring (bicyclic) bond motifs is 1. The Kier molecular flexibility index (Phi) is 4.51. The first-order valence-electron chi connectivity index (χ1n) is 8.69. The van der Waals surface area contributed by atoms with Gasteiger partial charge in [-0.25, -0.2) is 4.79 Å². The smallest absolute Gasteiger partial charge is 0.328 e. The summed E-state index contributed by atoms with van der Waals surface area (Å²) in [5.74, 6) is -1.18. The number of H-pyrrole nitrogens is 1. The molecule has 2 fully saturated rings. The molecule has 1 aromatic rings. The number of likely N-dealkylation sites (tertiary alicyclic amines) is 2. The van der Waals surface area contributed by atoms with Crippen molar-refractivity contribution in [3.8, 4) is 0 Å². The Balaban J connectivity index is 1.85. The van der Waals surface area contributed by atoms with Crippen molar-refractivity contribution in [3.63, 3.8) is 0 Å². The monoisotopic (exact) mass is 364 g/mol. The number of nitrogens with one attached hydrogen (secondary N) is 1. The first-order valence-corrected chi connectivity index (χ1v) is 8.69. The molecule has 3 rings (SSSR count). The third-order valence-corrected chi connectivity index (χ3v) is 5.35. The third-order valence-electron chi connectivity index (χ3n) is 5.35. The highest BCUT2D eigenvalue weighted by molar-refractivity contribution is 5.94. The van der Waals surface area contributed by atoms with E-state index >= 15 is 0 Å². The molecule has 2 saturated heterocycles. The number of carboxylic acid groups (broad SMARTS) is 1. The molecule has 0 saturated carbocycles. The predicted octanol–water partition coefficient (Wildman–Crippen LogP) is -0.812. The number of carboxylic acids is 1. The van der Waals surface area contributed by atoms with Gasteiger partial charge in [0.25, 0.3) is 11.5 Å². The van der Waals surface area contributed by atoms with Crippen LogP contribution >= 0.6 is 0 Å². The normalized spacial score (nSPS) is 25.7. The van der Waals surface area contributed by atoms with E-state index in [0.717, 1.165) is 11.1 Å². The van der Waals surface area contributed by atoms with Crippen LogP contribution < -0.4 is 11.2 Å². The van der Waals surface area contributed by atoms with Crippen LogP contribution in [0.2, 0.25) is 0 Å². The Bertz CT molecular complexity index is 857. The van der Waals surface area contributed by atoms with Crippen molar-refractivity contribution in [3.05, 3.63) is 32.6 Å². The Morgan fingerprint density at radius 2 is 2.00 bits per heavy atom. The molecule has 0 unspecified atom stereocenters. The van der Waals surface area contributed by atoms with Gasteiger partial charge in [-0.05, 0) is 5.92 Å². The van der Waals surface area contributed by atoms with Crippen molar-refractivity contribution in [2.45, 2.75) is 13.8 Å². The molecule has 2 atom stereocenters. The zero-order chi connectivity index (χ0) is 19.2. The van der Waals surface area contributed by atoms with Gasteiger partial charge in [0.1, 0.15) is 11.0 Å². The Labute approximate surface area is 150 Å². The SMILES string of the molecule is CC(C)CN1C[C@H]2CN(C(=O)c3cn(C)c(=O)[nH]c3=O)C[C@@]2(C(=O)O)C1. The highest BCUT2D eigenvalue weighted by Crippen LogP contribution is 2.43. The zero-order valence-corrected chi connectivity index (χ0v) is 15.2. The van der Waals surface area contributed by atoms with Crippen LogP contribution in [0.5, 0.6) is 0 Å². The molecule has 3 heterocycles. The van der Waals surface area contributed by atoms with Crippen LogP contribution in [0.3, 0.4) is 0 Å². The van der Waals surface area contributed by atoms with Crippen molar-refractivity contribution in [1.82, 2.24) is 19.4 Å². The molecule has 2 aliphatic rings. The van der Waals surface area contributed by atoms with E-state index < -0.39 is 28.5 Å². The molecule has 0 aliphatic carbocycles. The number of amides is 1. The molecule has 9 nitrogen and oxygen atoms in total. The van der Waals surface area contributed by atoms with E-state index in [9.17, 15) is 24.3 Å². The van der Waals surface area contributed by atoms with Gasteiger partial charge in [0, 0.05) is 51.9 Å². The summed E-state index contributed by atoms with van der Waals surface area (Å²) in [6.07, 6.45) is 1.20. The average molecular weight is 364 g/mol. The van der Waals surface area contributed by atoms with Crippen LogP contribution in [-0.2, 0) is 11.8 Å². The van der Waals surface area contributed by atoms with E-state index in [1.807, 2.05) is 0 Å². The van der Waals surface area contributed by atoms with Gasteiger partial charge in [-0.15, -0.1) is 0 Å². The fourth-order valence-electron chi connectivity index (χ4n) is 4.17. The molecule has 2 N–H and O–H groups in total. The summed E-state index contributed by atoms with van der Waals surface area (Å²) in [5.41, 5.74) is -2.50. The molecule has 9 heteroatoms. The van der Waals surface area contributed by atoms with Crippen LogP contribution in [0.15, 0.2) is 15.8 Å². The predicted molar refractivity (Wildman–Crippen MR) is 93.0 cm³/mol. The molecule has 1 aromatic heterocycles. The van der Waals surface area contributed by atoms with Gasteiger partial charge in [-0.3, -0.25) is 19.4 Å². The second-order valence-corrected chi connectivity index (χ2v) is 7.84. The Morgan fingerprint density at radius 1 is 1.31 bits per heavy atom. The maximum Gasteiger partial charge on any atom is 0.328 e. The molecule has 142 valence electrons. The molecule has 1 amide bonds. The fourth-order valence-corrected chi connectivity index (χ4v) is 4.17. The van der Waals surface area contributed by atoms with Crippen LogP contribution in [0.4, 0.5) is 0 Å². The van der Waals surface area contributed by atoms with E-state index in [-0.39, 0.29) is 18.0 Å². The number of aromatic nitrogens is 2. The number of hydrogen-bond acceptors (Lipinski definition) is 5. The molecule has 0 aromatic carbocycles. The minimum Gasteiger partial charge on any atom is -0.481 e. The standard InChI is InChI=1S/C17H24N4O5/c1-10(2)4-20-5-11-6-21(9-17(11,8-20)15(24)25)14(23)12-7-19(3)16(26)18-13(12)22/h7,10-11H,4-6,8-9H2,1-3H3,(H,24,25)(H,18,22,26)/t11-,17-/m0/s1. The number of carbonyl (C=O) groups is 2. The number of carbonyl (C=O) groups excluding carboxylic acids is 1. The summed E-state index contributed by atoms with van der Waals surface area (Å²) in [4.78, 5) is 53.9. The molecule has 0 radical (unpaired) electrons. The maximum atomic E-state index is 12.8. The van der Waals surface area contributed by atoms with Crippen molar-refractivity contribution >= 4 is 11.9 Å². The summed E-state index contributed by atoms with van der Waals surface area (Å²) >= 11 is 0. The summed E-state index contributed by atoms with van der Waals surface area (Å²) in [6, 6.07) is 0. The highest BCUT2D eigenvalue weighted by atomic mass is 16.4. The zero-order valence-electron chi connectivity index (χ0n) is 15.2. The molecular weight excluding hydrogens is 340 g/mol. The quantitative estimate of drug-likeness (QED) is 0.722. The molecule has 26 heavy (non-hydrogen) atoms. The summed E-state index contributed by atoms with van der Waals surface area (Å²) in [5, 5.41) is 9.85. The topological polar surface area (TPSA) is 116 Å². The lowest BCUT2D eigenvalue weighted by Crippen LogP contribution is -2.43. The Morgan fingerprint density at radius 3 is 2.58 bits per heavy atom. The summed E-state index contributed by atoms with van der Waals surface area (Å²) in [7, 11) is 1.44. The lowest BCUT2D eigenvalue weighted by Gasteiger charge is -2.26. The molecule has 0 bridgehead atoms. The second-order valence-electron chi connectivity index (χ2n) is 7.84. The summed E-state index contributed by atoms with van der Waals surface area (Å²) in [6.45, 7) is 6.38. The lowest BCUT2D eigenvalue weighted by atomic mass is 9.81. The van der Waals surface area contributed by atoms with Crippen LogP contribution in [-0.4, -0.2) is 69.1 Å². The van der Waals surface area contributed by atoms with E-state index in [4.69, 9.17) is 0 Å². The van der Waals surface area contributed by atoms with E-state index in [1.54, 1.807) is 0 Å². The first-order chi connectivity index (χ1) is 12.1. The molecular formula is C17H24N4O5. The summed E-state index contributed by atoms with van der Waals surface area (Å²) < 4.78 is 1.13. The number of nitrogens with zero attached hydrogens (tertiary/aromatic N) is 3. The van der Waals surface area contributed by atoms with Gasteiger partial charge in [0.15, 0.2) is 0 Å². The average Bonchev–Trinajstić information content (AvgIpc) is 3.04. The van der Waals surface area contributed by atoms with Gasteiger partial charge in [-0.1, -0.05) is 13.8 Å². The van der Waals surface area contributed by atoms with Gasteiger partial charge in [0.2, 0.25) is 0 Å². The van der Waals surface area contributed by atoms with Gasteiger partial charge >= 0.3 is 11.7 Å². The maximum absolute atomic E-state index is 12.8. The highest BCUT2D eigenvalue weighted by Gasteiger charge is 2.58. The van der Waals surface area contributed by atoms with E-state index in [1.165, 1.54) is 18.1 Å². The first kappa shape index (κ1) is 18.4. The van der Waals surface area contributed by atoms with Crippen LogP contribution in [0, 0.1) is 17.3 Å². The Hall–Kier alpha value is -2.42. The second kappa shape index (κ2) is 6.39. The number of hydrogen-bond donors (Lipinski definition) is 2. The van der Waals surface area contributed by atoms with Crippen molar-refractivity contribution in [2.24, 2.45) is 24.3 Å². The minimum absolute atomic E-state index is 0.0721. The number of rotatable bonds is 4. The van der Waals surface area contributed by atoms with Gasteiger partial charge in [0.05, 0.1) is 0 Å². The number of aliphatic carboxylic acids is 1. The van der Waals surface area contributed by atoms with Crippen molar-refractivity contribution in [2.75, 3.05) is 32.7 Å². The number of aromatic amines is 1. The van der Waals surface area contributed by atoms with Crippen molar-refractivity contribution in [1.29, 1.82) is 0 Å². The lowest BCUT2D eigenvalue weighted by molar-refractivity contribution is -0.148. The van der Waals surface area contributed by atoms with Crippen molar-refractivity contribution < 1.29 is 14.7 Å².